The molecule has 0 aliphatic carbocycles. The van der Waals surface area contributed by atoms with E-state index in [4.69, 9.17) is 0 Å². The molecule has 4 aromatic heterocycles. The molecule has 34 heavy (non-hydrogen) atoms. The zero-order valence-electron chi connectivity index (χ0n) is 20.3. The molecular weight excluding hydrogens is 424 g/mol. The Labute approximate surface area is 198 Å². The first-order chi connectivity index (χ1) is 16.2. The smallest absolute Gasteiger partial charge is 0.224 e. The van der Waals surface area contributed by atoms with Crippen molar-refractivity contribution >= 4 is 39.4 Å². The largest absolute Gasteiger partial charge is 0.357 e. The maximum absolute atomic E-state index is 4.68. The van der Waals surface area contributed by atoms with E-state index in [9.17, 15) is 0 Å². The van der Waals surface area contributed by atoms with E-state index in [0.717, 1.165) is 50.2 Å². The molecule has 5 rings (SSSR count). The van der Waals surface area contributed by atoms with Crippen LogP contribution in [0.3, 0.4) is 0 Å². The van der Waals surface area contributed by atoms with Gasteiger partial charge in [0.15, 0.2) is 5.65 Å². The average Bonchev–Trinajstić information content (AvgIpc) is 3.19. The Bertz CT molecular complexity index is 1530. The minimum atomic E-state index is -0.0328. The molecule has 0 saturated heterocycles. The van der Waals surface area contributed by atoms with Gasteiger partial charge in [-0.3, -0.25) is 4.68 Å². The zero-order valence-corrected chi connectivity index (χ0v) is 20.3. The normalized spacial score (nSPS) is 11.8. The van der Waals surface area contributed by atoms with Crippen molar-refractivity contribution < 1.29 is 0 Å². The SMILES string of the molecule is CNc1ncc2cc(-c3c(C)ccc4c(Nc5cc(C(C)(C)C)nn5C)nccc34)cnc2n1. The molecule has 4 heterocycles. The van der Waals surface area contributed by atoms with Crippen molar-refractivity contribution in [3.05, 3.63) is 60.2 Å². The number of anilines is 3. The van der Waals surface area contributed by atoms with Crippen molar-refractivity contribution in [2.75, 3.05) is 17.7 Å². The van der Waals surface area contributed by atoms with Crippen molar-refractivity contribution in [2.24, 2.45) is 7.05 Å². The zero-order chi connectivity index (χ0) is 24.0. The van der Waals surface area contributed by atoms with Gasteiger partial charge in [-0.15, -0.1) is 0 Å². The van der Waals surface area contributed by atoms with Gasteiger partial charge in [0, 0.05) is 60.5 Å². The number of aryl methyl sites for hydroxylation is 2. The van der Waals surface area contributed by atoms with Crippen molar-refractivity contribution in [3.8, 4) is 11.1 Å². The van der Waals surface area contributed by atoms with Crippen molar-refractivity contribution in [2.45, 2.75) is 33.1 Å². The third kappa shape index (κ3) is 3.81. The number of pyridine rings is 2. The number of aromatic nitrogens is 6. The van der Waals surface area contributed by atoms with Crippen LogP contribution in [0, 0.1) is 6.92 Å². The summed E-state index contributed by atoms with van der Waals surface area (Å²) in [7, 11) is 3.74. The summed E-state index contributed by atoms with van der Waals surface area (Å²) in [6.07, 6.45) is 5.51. The van der Waals surface area contributed by atoms with Gasteiger partial charge in [-0.1, -0.05) is 32.9 Å². The highest BCUT2D eigenvalue weighted by Crippen LogP contribution is 2.36. The van der Waals surface area contributed by atoms with Crippen LogP contribution in [0.25, 0.3) is 32.9 Å². The van der Waals surface area contributed by atoms with Crippen LogP contribution >= 0.6 is 0 Å². The van der Waals surface area contributed by atoms with E-state index in [-0.39, 0.29) is 5.41 Å². The van der Waals surface area contributed by atoms with Gasteiger partial charge in [-0.05, 0) is 35.6 Å². The van der Waals surface area contributed by atoms with E-state index < -0.39 is 0 Å². The molecule has 0 fully saturated rings. The highest BCUT2D eigenvalue weighted by Gasteiger charge is 2.20. The van der Waals surface area contributed by atoms with E-state index in [1.807, 2.05) is 24.1 Å². The van der Waals surface area contributed by atoms with Crippen LogP contribution in [-0.2, 0) is 12.5 Å². The molecule has 1 aromatic carbocycles. The molecule has 0 aliphatic rings. The van der Waals surface area contributed by atoms with Crippen LogP contribution in [-0.4, -0.2) is 36.8 Å². The Balaban J connectivity index is 1.62. The summed E-state index contributed by atoms with van der Waals surface area (Å²) in [5.41, 5.74) is 4.96. The van der Waals surface area contributed by atoms with Gasteiger partial charge < -0.3 is 10.6 Å². The second-order valence-corrected chi connectivity index (χ2v) is 9.51. The fourth-order valence-corrected chi connectivity index (χ4v) is 4.10. The highest BCUT2D eigenvalue weighted by molar-refractivity contribution is 6.04. The molecule has 0 radical (unpaired) electrons. The molecule has 0 unspecified atom stereocenters. The van der Waals surface area contributed by atoms with Crippen LogP contribution in [0.4, 0.5) is 17.6 Å². The van der Waals surface area contributed by atoms with Gasteiger partial charge in [0.25, 0.3) is 0 Å². The van der Waals surface area contributed by atoms with Crippen LogP contribution in [0.2, 0.25) is 0 Å². The molecule has 8 nitrogen and oxygen atoms in total. The third-order valence-corrected chi connectivity index (χ3v) is 5.99. The Morgan fingerprint density at radius 1 is 0.941 bits per heavy atom. The summed E-state index contributed by atoms with van der Waals surface area (Å²) < 4.78 is 1.86. The first kappa shape index (κ1) is 21.8. The lowest BCUT2D eigenvalue weighted by Crippen LogP contribution is -2.12. The minimum absolute atomic E-state index is 0.0328. The fraction of sp³-hybridized carbons (Fsp3) is 0.269. The van der Waals surface area contributed by atoms with Crippen LogP contribution in [0.15, 0.2) is 48.9 Å². The van der Waals surface area contributed by atoms with Gasteiger partial charge in [-0.25, -0.2) is 15.0 Å². The number of benzene rings is 1. The summed E-state index contributed by atoms with van der Waals surface area (Å²) in [5, 5.41) is 14.2. The maximum atomic E-state index is 4.68. The molecule has 8 heteroatoms. The lowest BCUT2D eigenvalue weighted by molar-refractivity contribution is 0.553. The summed E-state index contributed by atoms with van der Waals surface area (Å²) in [4.78, 5) is 18.0. The topological polar surface area (TPSA) is 93.4 Å². The minimum Gasteiger partial charge on any atom is -0.357 e. The fourth-order valence-electron chi connectivity index (χ4n) is 4.10. The molecule has 0 aliphatic heterocycles. The number of hydrogen-bond donors (Lipinski definition) is 2. The van der Waals surface area contributed by atoms with Gasteiger partial charge in [-0.2, -0.15) is 10.1 Å². The lowest BCUT2D eigenvalue weighted by Gasteiger charge is -2.14. The molecule has 0 amide bonds. The quantitative estimate of drug-likeness (QED) is 0.379. The van der Waals surface area contributed by atoms with E-state index >= 15 is 0 Å². The summed E-state index contributed by atoms with van der Waals surface area (Å²) in [6, 6.07) is 10.5. The van der Waals surface area contributed by atoms with Gasteiger partial charge in [0.05, 0.1) is 5.69 Å². The van der Waals surface area contributed by atoms with Crippen molar-refractivity contribution in [1.29, 1.82) is 0 Å². The van der Waals surface area contributed by atoms with Gasteiger partial charge >= 0.3 is 0 Å². The average molecular weight is 453 g/mol. The monoisotopic (exact) mass is 452 g/mol. The van der Waals surface area contributed by atoms with E-state index in [1.54, 1.807) is 13.2 Å². The number of nitrogens with zero attached hydrogens (tertiary/aromatic N) is 6. The summed E-state index contributed by atoms with van der Waals surface area (Å²) in [6.45, 7) is 8.59. The van der Waals surface area contributed by atoms with Crippen LogP contribution < -0.4 is 10.6 Å². The molecule has 5 aromatic rings. The van der Waals surface area contributed by atoms with Crippen LogP contribution in [0.5, 0.6) is 0 Å². The molecule has 0 saturated carbocycles. The molecule has 0 atom stereocenters. The Kier molecular flexibility index (Phi) is 5.16. The third-order valence-electron chi connectivity index (χ3n) is 5.99. The van der Waals surface area contributed by atoms with Crippen molar-refractivity contribution in [3.63, 3.8) is 0 Å². The Morgan fingerprint density at radius 3 is 2.50 bits per heavy atom. The van der Waals surface area contributed by atoms with Crippen molar-refractivity contribution in [1.82, 2.24) is 29.7 Å². The van der Waals surface area contributed by atoms with Crippen LogP contribution in [0.1, 0.15) is 32.0 Å². The molecule has 0 bridgehead atoms. The van der Waals surface area contributed by atoms with E-state index in [0.29, 0.717) is 11.6 Å². The van der Waals surface area contributed by atoms with E-state index in [1.165, 1.54) is 0 Å². The molecule has 172 valence electrons. The Hall–Kier alpha value is -4.07. The maximum Gasteiger partial charge on any atom is 0.224 e. The van der Waals surface area contributed by atoms with Gasteiger partial charge in [0.1, 0.15) is 11.6 Å². The Morgan fingerprint density at radius 2 is 1.76 bits per heavy atom. The summed E-state index contributed by atoms with van der Waals surface area (Å²) >= 11 is 0. The molecule has 0 spiro atoms. The number of nitrogens with one attached hydrogen (secondary N) is 2. The van der Waals surface area contributed by atoms with E-state index in [2.05, 4.69) is 93.7 Å². The molecule has 2 N–H and O–H groups in total. The van der Waals surface area contributed by atoms with Gasteiger partial charge in [0.2, 0.25) is 5.95 Å². The standard InChI is InChI=1S/C26H28N8/c1-15-7-8-19-18(22(15)16-11-17-14-30-25(27-5)32-23(17)29-13-16)9-10-28-24(19)31-21-12-20(26(2,3)4)33-34(21)6/h7-14H,1-6H3,(H,28,31)(H,27,29,30,32). The number of hydrogen-bond acceptors (Lipinski definition) is 7. The number of fused-ring (bicyclic) bond motifs is 2. The molecular formula is C26H28N8. The predicted molar refractivity (Wildman–Crippen MR) is 138 cm³/mol. The number of rotatable bonds is 4. The lowest BCUT2D eigenvalue weighted by atomic mass is 9.92. The first-order valence-electron chi connectivity index (χ1n) is 11.3. The highest BCUT2D eigenvalue weighted by atomic mass is 15.3. The predicted octanol–water partition coefficient (Wildman–Crippen LogP) is 5.36. The second kappa shape index (κ2) is 8.06. The second-order valence-electron chi connectivity index (χ2n) is 9.51. The summed E-state index contributed by atoms with van der Waals surface area (Å²) in [5.74, 6) is 2.25. The first-order valence-corrected chi connectivity index (χ1v) is 11.3.